The molecule has 0 saturated heterocycles. The lowest BCUT2D eigenvalue weighted by molar-refractivity contribution is 0.583. The van der Waals surface area contributed by atoms with E-state index in [9.17, 15) is 33.7 Å². The minimum absolute atomic E-state index is 0.0986. The van der Waals surface area contributed by atoms with E-state index in [0.29, 0.717) is 24.0 Å². The lowest BCUT2D eigenvalue weighted by atomic mass is 10.0. The molecule has 0 saturated carbocycles. The predicted molar refractivity (Wildman–Crippen MR) is 317 cm³/mol. The largest absolute Gasteiger partial charge is 0.223 e. The van der Waals surface area contributed by atoms with Crippen LogP contribution >= 0.6 is 0 Å². The monoisotopic (exact) mass is 1100 g/mol. The van der Waals surface area contributed by atoms with Crippen molar-refractivity contribution in [1.82, 2.24) is 0 Å². The molecule has 4 unspecified atom stereocenters. The van der Waals surface area contributed by atoms with Crippen molar-refractivity contribution in [3.05, 3.63) is 227 Å². The quantitative estimate of drug-likeness (QED) is 0.0405. The maximum Gasteiger partial charge on any atom is 0.185 e. The molecule has 4 aromatic carbocycles. The summed E-state index contributed by atoms with van der Waals surface area (Å²) in [4.78, 5) is 0.728. The first-order valence-electron chi connectivity index (χ1n) is 25.9. The van der Waals surface area contributed by atoms with Gasteiger partial charge in [0.2, 0.25) is 0 Å². The van der Waals surface area contributed by atoms with Crippen molar-refractivity contribution < 1.29 is 33.7 Å². The van der Waals surface area contributed by atoms with Gasteiger partial charge in [0, 0.05) is 0 Å². The average Bonchev–Trinajstić information content (AvgIpc) is 3.37. The third-order valence-electron chi connectivity index (χ3n) is 12.9. The zero-order valence-electron chi connectivity index (χ0n) is 46.2. The second-order valence-electron chi connectivity index (χ2n) is 20.5. The summed E-state index contributed by atoms with van der Waals surface area (Å²) in [6, 6.07) is 33.2. The summed E-state index contributed by atoms with van der Waals surface area (Å²) in [5.41, 5.74) is 7.00. The highest BCUT2D eigenvalue weighted by atomic mass is 32.2. The zero-order chi connectivity index (χ0) is 56.1. The summed E-state index contributed by atoms with van der Waals surface area (Å²) in [5, 5.41) is -3.86. The Balaban J connectivity index is 1.67. The summed E-state index contributed by atoms with van der Waals surface area (Å²) in [6.45, 7) is 19.3. The summed E-state index contributed by atoms with van der Waals surface area (Å²) in [6.07, 6.45) is 21.9. The minimum Gasteiger partial charge on any atom is -0.223 e. The smallest absolute Gasteiger partial charge is 0.185 e. The molecule has 0 fully saturated rings. The van der Waals surface area contributed by atoms with Crippen molar-refractivity contribution in [2.24, 2.45) is 0 Å². The number of allylic oxidation sites excluding steroid dienone is 14. The average molecular weight is 1110 g/mol. The van der Waals surface area contributed by atoms with Gasteiger partial charge in [0.1, 0.15) is 0 Å². The Morgan fingerprint density at radius 1 is 0.329 bits per heavy atom. The molecule has 0 radical (unpaired) electrons. The van der Waals surface area contributed by atoms with E-state index in [4.69, 9.17) is 0 Å². The van der Waals surface area contributed by atoms with Gasteiger partial charge in [-0.1, -0.05) is 178 Å². The maximum absolute atomic E-state index is 14.4. The van der Waals surface area contributed by atoms with E-state index < -0.39 is 60.3 Å². The number of hydrogen-bond acceptors (Lipinski definition) is 8. The Bertz CT molecular complexity index is 3060. The standard InChI is InChI=1S/C64H80O8S4/c1-49(2)27-25-31-53(7)43-63(75(69,70)59-37-19-13-20-38-59)47-55(9)45-61(73(65,66)57-33-15-11-16-34-57)41-51(5)29-23-24-30-52(6)42-62(74(67,68)58-35-17-12-18-36-58)46-56(10)48-64(44-54(8)32-26-28-50(3)4)76(71,72)60-39-21-14-22-40-60/h11-24,27-30,33-40,43-46,61-64H,25-26,31-32,41-42,47-48H2,1-10H3/b24-23+,51-29+,52-30+,53-43+,54-44+,55-45+,56-46+. The molecule has 12 heteroatoms. The van der Waals surface area contributed by atoms with Crippen LogP contribution in [0.3, 0.4) is 0 Å². The lowest BCUT2D eigenvalue weighted by Gasteiger charge is -2.19. The summed E-state index contributed by atoms with van der Waals surface area (Å²) < 4.78 is 114. The molecule has 0 aliphatic rings. The Kier molecular flexibility index (Phi) is 24.6. The molecule has 408 valence electrons. The number of benzene rings is 4. The van der Waals surface area contributed by atoms with Crippen LogP contribution in [0, 0.1) is 0 Å². The molecular weight excluding hydrogens is 1020 g/mol. The molecule has 0 amide bonds. The van der Waals surface area contributed by atoms with E-state index in [1.165, 1.54) is 11.1 Å². The highest BCUT2D eigenvalue weighted by molar-refractivity contribution is 7.93. The highest BCUT2D eigenvalue weighted by Crippen LogP contribution is 2.31. The van der Waals surface area contributed by atoms with E-state index in [1.54, 1.807) is 159 Å². The van der Waals surface area contributed by atoms with Crippen LogP contribution < -0.4 is 0 Å². The first kappa shape index (κ1) is 62.9. The van der Waals surface area contributed by atoms with Crippen molar-refractivity contribution in [2.45, 2.75) is 161 Å². The molecule has 0 aliphatic heterocycles. The van der Waals surface area contributed by atoms with Crippen LogP contribution in [0.2, 0.25) is 0 Å². The third-order valence-corrected chi connectivity index (χ3v) is 21.0. The molecule has 0 N–H and O–H groups in total. The Morgan fingerprint density at radius 3 is 0.789 bits per heavy atom. The number of hydrogen-bond donors (Lipinski definition) is 0. The van der Waals surface area contributed by atoms with Crippen molar-refractivity contribution >= 4 is 39.3 Å². The van der Waals surface area contributed by atoms with Gasteiger partial charge in [-0.05, 0) is 169 Å². The van der Waals surface area contributed by atoms with E-state index in [-0.39, 0.29) is 45.3 Å². The van der Waals surface area contributed by atoms with Crippen LogP contribution in [-0.4, -0.2) is 54.7 Å². The number of rotatable bonds is 28. The molecule has 76 heavy (non-hydrogen) atoms. The molecule has 4 aromatic rings. The summed E-state index contributed by atoms with van der Waals surface area (Å²) in [5.74, 6) is 0. The van der Waals surface area contributed by atoms with Crippen LogP contribution in [0.5, 0.6) is 0 Å². The van der Waals surface area contributed by atoms with E-state index in [0.717, 1.165) is 35.1 Å². The first-order chi connectivity index (χ1) is 35.8. The normalized spacial score (nSPS) is 15.5. The molecule has 0 aliphatic carbocycles. The van der Waals surface area contributed by atoms with Gasteiger partial charge in [-0.15, -0.1) is 0 Å². The van der Waals surface area contributed by atoms with E-state index in [1.807, 2.05) is 79.7 Å². The molecule has 0 bridgehead atoms. The fourth-order valence-corrected chi connectivity index (χ4v) is 15.9. The molecule has 0 spiro atoms. The zero-order valence-corrected chi connectivity index (χ0v) is 49.5. The van der Waals surface area contributed by atoms with Crippen LogP contribution in [-0.2, 0) is 39.3 Å². The van der Waals surface area contributed by atoms with Crippen LogP contribution in [0.4, 0.5) is 0 Å². The van der Waals surface area contributed by atoms with Crippen LogP contribution in [0.1, 0.15) is 121 Å². The minimum atomic E-state index is -3.93. The van der Waals surface area contributed by atoms with E-state index in [2.05, 4.69) is 12.2 Å². The van der Waals surface area contributed by atoms with Crippen LogP contribution in [0.15, 0.2) is 246 Å². The van der Waals surface area contributed by atoms with Gasteiger partial charge in [0.25, 0.3) is 0 Å². The molecule has 0 aromatic heterocycles. The fourth-order valence-electron chi connectivity index (χ4n) is 8.77. The molecule has 8 nitrogen and oxygen atoms in total. The van der Waals surface area contributed by atoms with Gasteiger partial charge in [-0.3, -0.25) is 0 Å². The van der Waals surface area contributed by atoms with Crippen molar-refractivity contribution in [3.63, 3.8) is 0 Å². The SMILES string of the molecule is CC(C)=CCC/C(C)=C/C(C/C(C)=C/C(C/C(C)=C/C=C/C=C(\C)CC(/C=C(\C)CC(/C=C(\C)CCC=C(C)C)S(=O)(=O)c1ccccc1)S(=O)(=O)c1ccccc1)S(=O)(=O)c1ccccc1)S(=O)(=O)c1ccccc1. The maximum atomic E-state index is 14.4. The van der Waals surface area contributed by atoms with Gasteiger partial charge in [0.05, 0.1) is 40.6 Å². The van der Waals surface area contributed by atoms with Gasteiger partial charge in [0.15, 0.2) is 39.3 Å². The van der Waals surface area contributed by atoms with Crippen molar-refractivity contribution in [3.8, 4) is 0 Å². The van der Waals surface area contributed by atoms with Gasteiger partial charge < -0.3 is 0 Å². The second-order valence-corrected chi connectivity index (χ2v) is 29.2. The van der Waals surface area contributed by atoms with E-state index >= 15 is 0 Å². The van der Waals surface area contributed by atoms with Gasteiger partial charge >= 0.3 is 0 Å². The Labute approximate surface area is 457 Å². The second kappa shape index (κ2) is 29.7. The van der Waals surface area contributed by atoms with Crippen molar-refractivity contribution in [1.29, 1.82) is 0 Å². The predicted octanol–water partition coefficient (Wildman–Crippen LogP) is 15.6. The molecule has 4 atom stereocenters. The van der Waals surface area contributed by atoms with Crippen LogP contribution in [0.25, 0.3) is 0 Å². The topological polar surface area (TPSA) is 137 Å². The summed E-state index contributed by atoms with van der Waals surface area (Å²) in [7, 11) is -15.5. The van der Waals surface area contributed by atoms with Crippen molar-refractivity contribution in [2.75, 3.05) is 0 Å². The molecular formula is C64H80O8S4. The molecule has 4 rings (SSSR count). The number of sulfone groups is 4. The lowest BCUT2D eigenvalue weighted by Crippen LogP contribution is -2.23. The van der Waals surface area contributed by atoms with Gasteiger partial charge in [-0.2, -0.15) is 0 Å². The van der Waals surface area contributed by atoms with Gasteiger partial charge in [-0.25, -0.2) is 33.7 Å². The fraction of sp³-hybridized carbons (Fsp3) is 0.344. The highest BCUT2D eigenvalue weighted by Gasteiger charge is 2.31. The Hall–Kier alpha value is -5.66. The summed E-state index contributed by atoms with van der Waals surface area (Å²) >= 11 is 0. The molecule has 0 heterocycles. The Morgan fingerprint density at radius 2 is 0.553 bits per heavy atom. The third kappa shape index (κ3) is 19.7. The first-order valence-corrected chi connectivity index (χ1v) is 32.1.